The van der Waals surface area contributed by atoms with Crippen LogP contribution in [0.3, 0.4) is 0 Å². The molecule has 0 saturated carbocycles. The molecule has 0 bridgehead atoms. The van der Waals surface area contributed by atoms with E-state index < -0.39 is 6.10 Å². The molecule has 0 radical (unpaired) electrons. The molecule has 0 unspecified atom stereocenters. The Morgan fingerprint density at radius 2 is 1.88 bits per heavy atom. The van der Waals surface area contributed by atoms with Gasteiger partial charge in [-0.15, -0.1) is 0 Å². The number of carbonyl (C=O) groups is 1. The molecule has 0 saturated heterocycles. The first-order valence-corrected chi connectivity index (χ1v) is 9.13. The molecule has 0 spiro atoms. The Bertz CT molecular complexity index is 698. The van der Waals surface area contributed by atoms with Crippen LogP contribution in [-0.2, 0) is 11.2 Å². The van der Waals surface area contributed by atoms with E-state index in [0.717, 1.165) is 18.4 Å². The maximum atomic E-state index is 12.3. The zero-order chi connectivity index (χ0) is 18.2. The van der Waals surface area contributed by atoms with E-state index in [1.165, 1.54) is 11.1 Å². The molecule has 0 aliphatic carbocycles. The summed E-state index contributed by atoms with van der Waals surface area (Å²) in [6.07, 6.45) is 1.99. The van der Waals surface area contributed by atoms with Crippen LogP contribution in [0.5, 0.6) is 5.75 Å². The minimum absolute atomic E-state index is 0.0704. The first-order chi connectivity index (χ1) is 12.0. The second kappa shape index (κ2) is 9.47. The van der Waals surface area contributed by atoms with E-state index in [9.17, 15) is 4.79 Å². The monoisotopic (exact) mass is 359 g/mol. The van der Waals surface area contributed by atoms with Crippen molar-refractivity contribution in [2.75, 3.05) is 6.54 Å². The minimum Gasteiger partial charge on any atom is -0.481 e. The third-order valence-electron chi connectivity index (χ3n) is 4.13. The third-order valence-corrected chi connectivity index (χ3v) is 4.56. The maximum Gasteiger partial charge on any atom is 0.261 e. The zero-order valence-corrected chi connectivity index (χ0v) is 15.9. The van der Waals surface area contributed by atoms with E-state index in [0.29, 0.717) is 23.7 Å². The highest BCUT2D eigenvalue weighted by atomic mass is 35.5. The van der Waals surface area contributed by atoms with Gasteiger partial charge in [0.1, 0.15) is 5.75 Å². The Labute approximate surface area is 155 Å². The Hall–Kier alpha value is -2.00. The molecular formula is C21H26ClNO2. The lowest BCUT2D eigenvalue weighted by atomic mass is 10.1. The molecule has 4 heteroatoms. The van der Waals surface area contributed by atoms with Crippen molar-refractivity contribution in [3.8, 4) is 5.75 Å². The van der Waals surface area contributed by atoms with Gasteiger partial charge < -0.3 is 10.1 Å². The number of amides is 1. The summed E-state index contributed by atoms with van der Waals surface area (Å²) in [5, 5.41) is 3.67. The van der Waals surface area contributed by atoms with Crippen LogP contribution in [0.25, 0.3) is 0 Å². The van der Waals surface area contributed by atoms with Crippen LogP contribution in [0.15, 0.2) is 42.5 Å². The summed E-state index contributed by atoms with van der Waals surface area (Å²) in [4.78, 5) is 12.3. The summed E-state index contributed by atoms with van der Waals surface area (Å²) >= 11 is 6.02. The van der Waals surface area contributed by atoms with E-state index in [4.69, 9.17) is 16.3 Å². The number of benzene rings is 2. The first kappa shape index (κ1) is 19.3. The van der Waals surface area contributed by atoms with Gasteiger partial charge in [0.15, 0.2) is 6.10 Å². The molecule has 2 rings (SSSR count). The predicted molar refractivity (Wildman–Crippen MR) is 103 cm³/mol. The summed E-state index contributed by atoms with van der Waals surface area (Å²) in [5.41, 5.74) is 3.49. The molecule has 0 aliphatic rings. The van der Waals surface area contributed by atoms with E-state index in [-0.39, 0.29) is 5.91 Å². The van der Waals surface area contributed by atoms with Crippen molar-refractivity contribution < 1.29 is 9.53 Å². The predicted octanol–water partition coefficient (Wildman–Crippen LogP) is 4.86. The molecule has 0 aliphatic heterocycles. The Kier molecular flexibility index (Phi) is 7.32. The summed E-state index contributed by atoms with van der Waals surface area (Å²) in [7, 11) is 0. The average molecular weight is 360 g/mol. The summed E-state index contributed by atoms with van der Waals surface area (Å²) in [6.45, 7) is 6.59. The molecule has 2 aromatic carbocycles. The fraction of sp³-hybridized carbons (Fsp3) is 0.381. The lowest BCUT2D eigenvalue weighted by Gasteiger charge is -2.18. The van der Waals surface area contributed by atoms with Gasteiger partial charge in [-0.05, 0) is 62.4 Å². The van der Waals surface area contributed by atoms with Crippen molar-refractivity contribution in [1.29, 1.82) is 0 Å². The van der Waals surface area contributed by atoms with Gasteiger partial charge in [-0.3, -0.25) is 4.79 Å². The van der Waals surface area contributed by atoms with Crippen molar-refractivity contribution >= 4 is 17.5 Å². The molecule has 134 valence electrons. The molecule has 0 fully saturated rings. The lowest BCUT2D eigenvalue weighted by molar-refractivity contribution is -0.128. The van der Waals surface area contributed by atoms with Crippen LogP contribution >= 0.6 is 11.6 Å². The zero-order valence-electron chi connectivity index (χ0n) is 15.1. The van der Waals surface area contributed by atoms with Gasteiger partial charge in [-0.1, -0.05) is 48.4 Å². The fourth-order valence-electron chi connectivity index (χ4n) is 2.55. The fourth-order valence-corrected chi connectivity index (χ4v) is 2.67. The number of nitrogens with one attached hydrogen (secondary N) is 1. The van der Waals surface area contributed by atoms with Crippen LogP contribution in [0.4, 0.5) is 0 Å². The third kappa shape index (κ3) is 6.09. The topological polar surface area (TPSA) is 38.3 Å². The highest BCUT2D eigenvalue weighted by Gasteiger charge is 2.18. The van der Waals surface area contributed by atoms with Gasteiger partial charge in [-0.2, -0.15) is 0 Å². The summed E-state index contributed by atoms with van der Waals surface area (Å²) in [6, 6.07) is 13.9. The second-order valence-electron chi connectivity index (χ2n) is 6.31. The number of aryl methyl sites for hydroxylation is 3. The molecule has 1 N–H and O–H groups in total. The SMILES string of the molecule is CC[C@@H](Oc1ccc(Cl)c(C)c1)C(=O)NCCCc1ccc(C)cc1. The molecule has 0 aromatic heterocycles. The van der Waals surface area contributed by atoms with E-state index in [1.807, 2.05) is 19.9 Å². The van der Waals surface area contributed by atoms with Crippen molar-refractivity contribution in [2.24, 2.45) is 0 Å². The van der Waals surface area contributed by atoms with E-state index in [1.54, 1.807) is 12.1 Å². The molecule has 0 heterocycles. The minimum atomic E-state index is -0.486. The first-order valence-electron chi connectivity index (χ1n) is 8.75. The number of rotatable bonds is 8. The van der Waals surface area contributed by atoms with Crippen molar-refractivity contribution in [3.63, 3.8) is 0 Å². The van der Waals surface area contributed by atoms with Gasteiger partial charge in [-0.25, -0.2) is 0 Å². The van der Waals surface area contributed by atoms with Gasteiger partial charge in [0, 0.05) is 11.6 Å². The van der Waals surface area contributed by atoms with Crippen LogP contribution in [0, 0.1) is 13.8 Å². The number of hydrogen-bond acceptors (Lipinski definition) is 2. The Morgan fingerprint density at radius 3 is 2.52 bits per heavy atom. The smallest absolute Gasteiger partial charge is 0.261 e. The van der Waals surface area contributed by atoms with Crippen molar-refractivity contribution in [2.45, 2.75) is 46.1 Å². The van der Waals surface area contributed by atoms with Crippen LogP contribution in [-0.4, -0.2) is 18.6 Å². The average Bonchev–Trinajstić information content (AvgIpc) is 2.61. The van der Waals surface area contributed by atoms with Gasteiger partial charge in [0.05, 0.1) is 0 Å². The van der Waals surface area contributed by atoms with Gasteiger partial charge >= 0.3 is 0 Å². The standard InChI is InChI=1S/C21H26ClNO2/c1-4-20(25-18-11-12-19(22)16(3)14-18)21(24)23-13-5-6-17-9-7-15(2)8-10-17/h7-12,14,20H,4-6,13H2,1-3H3,(H,23,24)/t20-/m1/s1. The normalized spacial score (nSPS) is 11.8. The molecule has 3 nitrogen and oxygen atoms in total. The Balaban J connectivity index is 1.79. The van der Waals surface area contributed by atoms with Crippen LogP contribution < -0.4 is 10.1 Å². The number of hydrogen-bond donors (Lipinski definition) is 1. The van der Waals surface area contributed by atoms with E-state index >= 15 is 0 Å². The molecule has 25 heavy (non-hydrogen) atoms. The van der Waals surface area contributed by atoms with Gasteiger partial charge in [0.2, 0.25) is 0 Å². The second-order valence-corrected chi connectivity index (χ2v) is 6.71. The molecule has 1 amide bonds. The Morgan fingerprint density at radius 1 is 1.16 bits per heavy atom. The molecule has 2 aromatic rings. The van der Waals surface area contributed by atoms with Crippen molar-refractivity contribution in [1.82, 2.24) is 5.32 Å². The number of halogens is 1. The van der Waals surface area contributed by atoms with Gasteiger partial charge in [0.25, 0.3) is 5.91 Å². The largest absolute Gasteiger partial charge is 0.481 e. The van der Waals surface area contributed by atoms with E-state index in [2.05, 4.69) is 36.5 Å². The summed E-state index contributed by atoms with van der Waals surface area (Å²) in [5.74, 6) is 0.600. The molecule has 1 atom stereocenters. The summed E-state index contributed by atoms with van der Waals surface area (Å²) < 4.78 is 5.82. The highest BCUT2D eigenvalue weighted by molar-refractivity contribution is 6.31. The van der Waals surface area contributed by atoms with Crippen LogP contribution in [0.1, 0.15) is 36.5 Å². The lowest BCUT2D eigenvalue weighted by Crippen LogP contribution is -2.38. The maximum absolute atomic E-state index is 12.3. The molecular weight excluding hydrogens is 334 g/mol. The quantitative estimate of drug-likeness (QED) is 0.683. The number of carbonyl (C=O) groups excluding carboxylic acids is 1. The van der Waals surface area contributed by atoms with Crippen molar-refractivity contribution in [3.05, 3.63) is 64.2 Å². The highest BCUT2D eigenvalue weighted by Crippen LogP contribution is 2.22. The number of ether oxygens (including phenoxy) is 1. The van der Waals surface area contributed by atoms with Crippen LogP contribution in [0.2, 0.25) is 5.02 Å².